The Balaban J connectivity index is 2.02. The topological polar surface area (TPSA) is 44.8 Å². The summed E-state index contributed by atoms with van der Waals surface area (Å²) in [4.78, 5) is 17.0. The SMILES string of the molecule is COc1ccc(C2C(C(=O)Nc3ccc(Cl)cc3)=C(C)N(C)C(=S)N2C)cc1. The van der Waals surface area contributed by atoms with Gasteiger partial charge >= 0.3 is 0 Å². The van der Waals surface area contributed by atoms with E-state index in [0.29, 0.717) is 21.4 Å². The van der Waals surface area contributed by atoms with Gasteiger partial charge in [-0.2, -0.15) is 0 Å². The lowest BCUT2D eigenvalue weighted by Gasteiger charge is -2.42. The van der Waals surface area contributed by atoms with E-state index in [2.05, 4.69) is 5.32 Å². The predicted octanol–water partition coefficient (Wildman–Crippen LogP) is 4.46. The number of carbonyl (C=O) groups is 1. The van der Waals surface area contributed by atoms with E-state index in [-0.39, 0.29) is 11.9 Å². The number of methoxy groups -OCH3 is 1. The van der Waals surface area contributed by atoms with Crippen LogP contribution in [0.2, 0.25) is 5.02 Å². The monoisotopic (exact) mass is 415 g/mol. The van der Waals surface area contributed by atoms with Crippen LogP contribution in [0, 0.1) is 0 Å². The Morgan fingerprint density at radius 3 is 2.29 bits per heavy atom. The number of nitrogens with zero attached hydrogens (tertiary/aromatic N) is 2. The Morgan fingerprint density at radius 2 is 1.71 bits per heavy atom. The molecule has 5 nitrogen and oxygen atoms in total. The summed E-state index contributed by atoms with van der Waals surface area (Å²) in [6.45, 7) is 1.91. The highest BCUT2D eigenvalue weighted by Crippen LogP contribution is 2.36. The second kappa shape index (κ2) is 8.20. The largest absolute Gasteiger partial charge is 0.497 e. The van der Waals surface area contributed by atoms with Crippen LogP contribution in [0.25, 0.3) is 0 Å². The Hall–Kier alpha value is -2.57. The Morgan fingerprint density at radius 1 is 1.11 bits per heavy atom. The van der Waals surface area contributed by atoms with Crippen molar-refractivity contribution < 1.29 is 9.53 Å². The molecule has 0 saturated heterocycles. The molecule has 0 spiro atoms. The van der Waals surface area contributed by atoms with Gasteiger partial charge in [0.25, 0.3) is 5.91 Å². The molecule has 28 heavy (non-hydrogen) atoms. The van der Waals surface area contributed by atoms with Crippen molar-refractivity contribution in [1.82, 2.24) is 9.80 Å². The number of benzene rings is 2. The Kier molecular flexibility index (Phi) is 5.91. The number of hydrogen-bond acceptors (Lipinski definition) is 3. The second-order valence-electron chi connectivity index (χ2n) is 6.59. The molecule has 0 saturated carbocycles. The Bertz CT molecular complexity index is 926. The molecule has 3 rings (SSSR count). The van der Waals surface area contributed by atoms with Gasteiger partial charge in [-0.25, -0.2) is 0 Å². The first kappa shape index (κ1) is 20.2. The van der Waals surface area contributed by atoms with E-state index in [9.17, 15) is 4.79 Å². The molecule has 0 fully saturated rings. The standard InChI is InChI=1S/C21H22ClN3O2S/c1-13-18(20(26)23-16-9-7-15(22)8-10-16)19(25(3)21(28)24(13)2)14-5-11-17(27-4)12-6-14/h5-12,19H,1-4H3,(H,23,26). The molecule has 7 heteroatoms. The molecule has 0 aromatic heterocycles. The van der Waals surface area contributed by atoms with Gasteiger partial charge < -0.3 is 19.9 Å². The van der Waals surface area contributed by atoms with Crippen molar-refractivity contribution in [3.63, 3.8) is 0 Å². The van der Waals surface area contributed by atoms with Crippen LogP contribution in [0.4, 0.5) is 5.69 Å². The molecule has 146 valence electrons. The van der Waals surface area contributed by atoms with E-state index in [1.54, 1.807) is 31.4 Å². The zero-order valence-electron chi connectivity index (χ0n) is 16.2. The maximum atomic E-state index is 13.2. The fourth-order valence-electron chi connectivity index (χ4n) is 3.26. The Labute approximate surface area is 175 Å². The van der Waals surface area contributed by atoms with E-state index in [4.69, 9.17) is 28.6 Å². The third-order valence-corrected chi connectivity index (χ3v) is 5.73. The lowest BCUT2D eigenvalue weighted by Crippen LogP contribution is -2.47. The van der Waals surface area contributed by atoms with Gasteiger partial charge in [-0.15, -0.1) is 0 Å². The van der Waals surface area contributed by atoms with Crippen LogP contribution >= 0.6 is 23.8 Å². The molecule has 1 heterocycles. The molecule has 2 aromatic carbocycles. The first-order valence-electron chi connectivity index (χ1n) is 8.75. The van der Waals surface area contributed by atoms with E-state index < -0.39 is 0 Å². The first-order valence-corrected chi connectivity index (χ1v) is 9.54. The summed E-state index contributed by atoms with van der Waals surface area (Å²) in [5, 5.41) is 4.24. The lowest BCUT2D eigenvalue weighted by molar-refractivity contribution is -0.113. The highest BCUT2D eigenvalue weighted by molar-refractivity contribution is 7.80. The molecular weight excluding hydrogens is 394 g/mol. The molecule has 1 unspecified atom stereocenters. The smallest absolute Gasteiger partial charge is 0.255 e. The molecule has 1 amide bonds. The van der Waals surface area contributed by atoms with Gasteiger partial charge in [-0.1, -0.05) is 23.7 Å². The third-order valence-electron chi connectivity index (χ3n) is 4.92. The first-order chi connectivity index (χ1) is 13.3. The number of carbonyl (C=O) groups excluding carboxylic acids is 1. The van der Waals surface area contributed by atoms with Crippen LogP contribution in [0.3, 0.4) is 0 Å². The van der Waals surface area contributed by atoms with Crippen LogP contribution in [0.15, 0.2) is 59.8 Å². The average molecular weight is 416 g/mol. The molecule has 1 aliphatic heterocycles. The molecule has 1 aliphatic rings. The zero-order valence-corrected chi connectivity index (χ0v) is 17.8. The van der Waals surface area contributed by atoms with Gasteiger partial charge in [0.05, 0.1) is 18.7 Å². The number of thiocarbonyl (C=S) groups is 1. The van der Waals surface area contributed by atoms with Crippen molar-refractivity contribution in [2.75, 3.05) is 26.5 Å². The van der Waals surface area contributed by atoms with Gasteiger partial charge in [0, 0.05) is 30.5 Å². The molecule has 0 bridgehead atoms. The van der Waals surface area contributed by atoms with Crippen molar-refractivity contribution in [3.8, 4) is 5.75 Å². The van der Waals surface area contributed by atoms with E-state index in [1.165, 1.54) is 0 Å². The quantitative estimate of drug-likeness (QED) is 0.746. The number of anilines is 1. The predicted molar refractivity (Wildman–Crippen MR) is 117 cm³/mol. The highest BCUT2D eigenvalue weighted by Gasteiger charge is 2.36. The minimum atomic E-state index is -0.304. The summed E-state index contributed by atoms with van der Waals surface area (Å²) in [5.74, 6) is 0.580. The van der Waals surface area contributed by atoms with Gasteiger partial charge in [-0.05, 0) is 61.1 Å². The van der Waals surface area contributed by atoms with Crippen molar-refractivity contribution in [2.24, 2.45) is 0 Å². The van der Waals surface area contributed by atoms with Crippen LogP contribution in [0.5, 0.6) is 5.75 Å². The lowest BCUT2D eigenvalue weighted by atomic mass is 9.93. The summed E-state index contributed by atoms with van der Waals surface area (Å²) < 4.78 is 5.26. The second-order valence-corrected chi connectivity index (χ2v) is 7.39. The van der Waals surface area contributed by atoms with Gasteiger partial charge in [0.1, 0.15) is 5.75 Å². The molecule has 1 atom stereocenters. The van der Waals surface area contributed by atoms with Crippen LogP contribution < -0.4 is 10.1 Å². The fraction of sp³-hybridized carbons (Fsp3) is 0.238. The molecular formula is C21H22ClN3O2S. The summed E-state index contributed by atoms with van der Waals surface area (Å²) in [6.07, 6.45) is 0. The summed E-state index contributed by atoms with van der Waals surface area (Å²) >= 11 is 11.5. The normalized spacial score (nSPS) is 17.0. The van der Waals surface area contributed by atoms with Crippen molar-refractivity contribution in [3.05, 3.63) is 70.4 Å². The van der Waals surface area contributed by atoms with Gasteiger partial charge in [-0.3, -0.25) is 4.79 Å². The van der Waals surface area contributed by atoms with Crippen LogP contribution in [-0.4, -0.2) is 42.0 Å². The number of amides is 1. The number of ether oxygens (including phenoxy) is 1. The number of allylic oxidation sites excluding steroid dienone is 1. The van der Waals surface area contributed by atoms with Crippen molar-refractivity contribution in [1.29, 1.82) is 0 Å². The number of halogens is 1. The van der Waals surface area contributed by atoms with E-state index in [1.807, 2.05) is 55.1 Å². The summed E-state index contributed by atoms with van der Waals surface area (Å²) in [7, 11) is 5.39. The van der Waals surface area contributed by atoms with Gasteiger partial charge in [0.15, 0.2) is 5.11 Å². The zero-order chi connectivity index (χ0) is 20.4. The minimum absolute atomic E-state index is 0.179. The maximum absolute atomic E-state index is 13.2. The highest BCUT2D eigenvalue weighted by atomic mass is 35.5. The molecule has 0 aliphatic carbocycles. The molecule has 0 radical (unpaired) electrons. The van der Waals surface area contributed by atoms with Crippen molar-refractivity contribution >= 4 is 40.5 Å². The van der Waals surface area contributed by atoms with E-state index in [0.717, 1.165) is 17.0 Å². The summed E-state index contributed by atoms with van der Waals surface area (Å²) in [6, 6.07) is 14.4. The maximum Gasteiger partial charge on any atom is 0.255 e. The number of nitrogens with one attached hydrogen (secondary N) is 1. The molecule has 1 N–H and O–H groups in total. The number of likely N-dealkylation sites (N-methyl/N-ethyl adjacent to an activating group) is 1. The fourth-order valence-corrected chi connectivity index (χ4v) is 3.63. The van der Waals surface area contributed by atoms with Gasteiger partial charge in [0.2, 0.25) is 0 Å². The van der Waals surface area contributed by atoms with E-state index >= 15 is 0 Å². The minimum Gasteiger partial charge on any atom is -0.497 e. The number of hydrogen-bond donors (Lipinski definition) is 1. The molecule has 2 aromatic rings. The van der Waals surface area contributed by atoms with Crippen LogP contribution in [-0.2, 0) is 4.79 Å². The summed E-state index contributed by atoms with van der Waals surface area (Å²) in [5.41, 5.74) is 3.09. The third kappa shape index (κ3) is 3.84. The van der Waals surface area contributed by atoms with Crippen molar-refractivity contribution in [2.45, 2.75) is 13.0 Å². The number of rotatable bonds is 4. The average Bonchev–Trinajstić information content (AvgIpc) is 2.70. The van der Waals surface area contributed by atoms with Crippen LogP contribution in [0.1, 0.15) is 18.5 Å².